The Morgan fingerprint density at radius 1 is 1.00 bits per heavy atom. The molecule has 2 N–H and O–H groups in total. The van der Waals surface area contributed by atoms with Gasteiger partial charge in [-0.3, -0.25) is 4.79 Å². The molecule has 0 saturated heterocycles. The largest absolute Gasteiger partial charge is 0.416 e. The Kier molecular flexibility index (Phi) is 5.30. The molecule has 144 valence electrons. The third-order valence-electron chi connectivity index (χ3n) is 4.20. The molecule has 0 aliphatic carbocycles. The first kappa shape index (κ1) is 19.3. The molecule has 1 amide bonds. The third kappa shape index (κ3) is 4.46. The van der Waals surface area contributed by atoms with Crippen LogP contribution in [0.25, 0.3) is 0 Å². The van der Waals surface area contributed by atoms with E-state index in [4.69, 9.17) is 0 Å². The van der Waals surface area contributed by atoms with Gasteiger partial charge in [-0.15, -0.1) is 0 Å². The van der Waals surface area contributed by atoms with Gasteiger partial charge in [0.05, 0.1) is 18.0 Å². The van der Waals surface area contributed by atoms with Crippen molar-refractivity contribution in [2.75, 3.05) is 10.6 Å². The van der Waals surface area contributed by atoms with Crippen molar-refractivity contribution in [2.24, 2.45) is 0 Å². The SMILES string of the molecule is Cc1cccc(NC(=O)c2cnc(Nc3cccc(C(F)(F)F)c3)cn2)c1C. The highest BCUT2D eigenvalue weighted by Gasteiger charge is 2.30. The summed E-state index contributed by atoms with van der Waals surface area (Å²) in [5.74, 6) is -0.200. The first-order valence-corrected chi connectivity index (χ1v) is 8.38. The number of nitrogens with zero attached hydrogens (tertiary/aromatic N) is 2. The Morgan fingerprint density at radius 3 is 2.43 bits per heavy atom. The van der Waals surface area contributed by atoms with E-state index in [1.165, 1.54) is 24.5 Å². The number of hydrogen-bond donors (Lipinski definition) is 2. The van der Waals surface area contributed by atoms with Crippen LogP contribution in [-0.2, 0) is 6.18 Å². The van der Waals surface area contributed by atoms with Gasteiger partial charge in [-0.1, -0.05) is 18.2 Å². The Balaban J connectivity index is 1.71. The van der Waals surface area contributed by atoms with Crippen LogP contribution in [0.2, 0.25) is 0 Å². The molecule has 1 heterocycles. The standard InChI is InChI=1S/C20H17F3N4O/c1-12-5-3-8-16(13(12)2)27-19(28)17-10-25-18(11-24-17)26-15-7-4-6-14(9-15)20(21,22)23/h3-11H,1-2H3,(H,25,26)(H,27,28). The van der Waals surface area contributed by atoms with E-state index in [0.29, 0.717) is 5.69 Å². The van der Waals surface area contributed by atoms with Crippen LogP contribution in [0.1, 0.15) is 27.2 Å². The molecule has 0 aliphatic heterocycles. The fourth-order valence-electron chi connectivity index (χ4n) is 2.50. The molecule has 0 fully saturated rings. The van der Waals surface area contributed by atoms with Crippen LogP contribution >= 0.6 is 0 Å². The van der Waals surface area contributed by atoms with Crippen LogP contribution in [0.15, 0.2) is 54.9 Å². The Labute approximate surface area is 159 Å². The molecule has 0 saturated carbocycles. The van der Waals surface area contributed by atoms with Gasteiger partial charge in [0, 0.05) is 11.4 Å². The van der Waals surface area contributed by atoms with Crippen molar-refractivity contribution in [1.82, 2.24) is 9.97 Å². The Morgan fingerprint density at radius 2 is 1.75 bits per heavy atom. The number of aromatic nitrogens is 2. The lowest BCUT2D eigenvalue weighted by Gasteiger charge is -2.11. The molecule has 3 aromatic rings. The molecule has 28 heavy (non-hydrogen) atoms. The number of aryl methyl sites for hydroxylation is 1. The first-order chi connectivity index (χ1) is 13.2. The highest BCUT2D eigenvalue weighted by Crippen LogP contribution is 2.31. The monoisotopic (exact) mass is 386 g/mol. The first-order valence-electron chi connectivity index (χ1n) is 8.38. The van der Waals surface area contributed by atoms with Gasteiger partial charge in [0.15, 0.2) is 0 Å². The van der Waals surface area contributed by atoms with Gasteiger partial charge in [0.1, 0.15) is 11.5 Å². The summed E-state index contributed by atoms with van der Waals surface area (Å²) in [6.07, 6.45) is -1.88. The second-order valence-corrected chi connectivity index (χ2v) is 6.19. The van der Waals surface area contributed by atoms with Crippen LogP contribution in [0.4, 0.5) is 30.4 Å². The maximum absolute atomic E-state index is 12.8. The molecule has 5 nitrogen and oxygen atoms in total. The van der Waals surface area contributed by atoms with Gasteiger partial charge >= 0.3 is 6.18 Å². The summed E-state index contributed by atoms with van der Waals surface area (Å²) in [7, 11) is 0. The molecule has 3 rings (SSSR count). The molecule has 1 aromatic heterocycles. The number of halogens is 3. The topological polar surface area (TPSA) is 66.9 Å². The molecular weight excluding hydrogens is 369 g/mol. The minimum Gasteiger partial charge on any atom is -0.339 e. The fourth-order valence-corrected chi connectivity index (χ4v) is 2.50. The summed E-state index contributed by atoms with van der Waals surface area (Å²) >= 11 is 0. The number of carbonyl (C=O) groups excluding carboxylic acids is 1. The van der Waals surface area contributed by atoms with Crippen molar-refractivity contribution in [3.63, 3.8) is 0 Å². The minimum absolute atomic E-state index is 0.0931. The molecule has 0 aliphatic rings. The summed E-state index contributed by atoms with van der Waals surface area (Å²) in [6.45, 7) is 3.84. The van der Waals surface area contributed by atoms with E-state index < -0.39 is 17.6 Å². The smallest absolute Gasteiger partial charge is 0.339 e. The van der Waals surface area contributed by atoms with Crippen molar-refractivity contribution < 1.29 is 18.0 Å². The van der Waals surface area contributed by atoms with Crippen LogP contribution < -0.4 is 10.6 Å². The highest BCUT2D eigenvalue weighted by atomic mass is 19.4. The summed E-state index contributed by atoms with van der Waals surface area (Å²) in [5, 5.41) is 5.52. The number of alkyl halides is 3. The second kappa shape index (κ2) is 7.67. The van der Waals surface area contributed by atoms with Gasteiger partial charge in [0.2, 0.25) is 0 Å². The summed E-state index contributed by atoms with van der Waals surface area (Å²) in [4.78, 5) is 20.4. The average molecular weight is 386 g/mol. The highest BCUT2D eigenvalue weighted by molar-refractivity contribution is 6.03. The number of benzene rings is 2. The van der Waals surface area contributed by atoms with Gasteiger partial charge in [-0.25, -0.2) is 9.97 Å². The van der Waals surface area contributed by atoms with Crippen LogP contribution in [-0.4, -0.2) is 15.9 Å². The molecule has 8 heteroatoms. The number of nitrogens with one attached hydrogen (secondary N) is 2. The van der Waals surface area contributed by atoms with Crippen molar-refractivity contribution in [3.8, 4) is 0 Å². The van der Waals surface area contributed by atoms with E-state index >= 15 is 0 Å². The van der Waals surface area contributed by atoms with Crippen LogP contribution in [0, 0.1) is 13.8 Å². The zero-order valence-corrected chi connectivity index (χ0v) is 15.1. The van der Waals surface area contributed by atoms with E-state index in [1.807, 2.05) is 26.0 Å². The lowest BCUT2D eigenvalue weighted by molar-refractivity contribution is -0.137. The minimum atomic E-state index is -4.43. The maximum Gasteiger partial charge on any atom is 0.416 e. The number of rotatable bonds is 4. The van der Waals surface area contributed by atoms with Gasteiger partial charge in [-0.05, 0) is 49.2 Å². The van der Waals surface area contributed by atoms with Crippen molar-refractivity contribution in [2.45, 2.75) is 20.0 Å². The van der Waals surface area contributed by atoms with E-state index in [-0.39, 0.29) is 17.2 Å². The molecule has 2 aromatic carbocycles. The van der Waals surface area contributed by atoms with Crippen molar-refractivity contribution in [3.05, 3.63) is 77.2 Å². The fraction of sp³-hybridized carbons (Fsp3) is 0.150. The van der Waals surface area contributed by atoms with Crippen molar-refractivity contribution in [1.29, 1.82) is 0 Å². The van der Waals surface area contributed by atoms with E-state index in [0.717, 1.165) is 23.3 Å². The zero-order valence-electron chi connectivity index (χ0n) is 15.1. The van der Waals surface area contributed by atoms with E-state index in [9.17, 15) is 18.0 Å². The molecule has 0 radical (unpaired) electrons. The van der Waals surface area contributed by atoms with Gasteiger partial charge < -0.3 is 10.6 Å². The summed E-state index contributed by atoms with van der Waals surface area (Å²) in [5.41, 5.74) is 2.22. The lowest BCUT2D eigenvalue weighted by Crippen LogP contribution is -2.15. The quantitative estimate of drug-likeness (QED) is 0.654. The summed E-state index contributed by atoms with van der Waals surface area (Å²) in [6, 6.07) is 10.3. The number of amides is 1. The zero-order chi connectivity index (χ0) is 20.3. The summed E-state index contributed by atoms with van der Waals surface area (Å²) < 4.78 is 38.3. The molecule has 0 bridgehead atoms. The second-order valence-electron chi connectivity index (χ2n) is 6.19. The predicted molar refractivity (Wildman–Crippen MR) is 101 cm³/mol. The Hall–Kier alpha value is -3.42. The van der Waals surface area contributed by atoms with Gasteiger partial charge in [-0.2, -0.15) is 13.2 Å². The van der Waals surface area contributed by atoms with E-state index in [1.54, 1.807) is 6.07 Å². The van der Waals surface area contributed by atoms with Crippen LogP contribution in [0.3, 0.4) is 0 Å². The van der Waals surface area contributed by atoms with Gasteiger partial charge in [0.25, 0.3) is 5.91 Å². The number of anilines is 3. The maximum atomic E-state index is 12.8. The number of hydrogen-bond acceptors (Lipinski definition) is 4. The van der Waals surface area contributed by atoms with Crippen LogP contribution in [0.5, 0.6) is 0 Å². The predicted octanol–water partition coefficient (Wildman–Crippen LogP) is 5.11. The average Bonchev–Trinajstić information content (AvgIpc) is 2.65. The molecule has 0 atom stereocenters. The number of carbonyl (C=O) groups is 1. The molecule has 0 spiro atoms. The Bertz CT molecular complexity index is 1000. The normalized spacial score (nSPS) is 11.2. The molecule has 0 unspecified atom stereocenters. The lowest BCUT2D eigenvalue weighted by atomic mass is 10.1. The molecular formula is C20H17F3N4O. The van der Waals surface area contributed by atoms with Crippen molar-refractivity contribution >= 4 is 23.1 Å². The third-order valence-corrected chi connectivity index (χ3v) is 4.20. The van der Waals surface area contributed by atoms with E-state index in [2.05, 4.69) is 20.6 Å².